The van der Waals surface area contributed by atoms with Crippen LogP contribution in [0.4, 0.5) is 0 Å². The van der Waals surface area contributed by atoms with Gasteiger partial charge < -0.3 is 79.1 Å². The molecular weight excluding hydrogens is 1560 g/mol. The normalized spacial score (nSPS) is 20.4. The van der Waals surface area contributed by atoms with Gasteiger partial charge in [0.25, 0.3) is 0 Å². The van der Waals surface area contributed by atoms with E-state index in [2.05, 4.69) is 52.2 Å². The van der Waals surface area contributed by atoms with E-state index in [1.807, 2.05) is 0 Å². The Hall–Kier alpha value is -3.39. The molecule has 2 heterocycles. The van der Waals surface area contributed by atoms with Crippen LogP contribution >= 0.6 is 7.82 Å². The molecule has 2 saturated heterocycles. The van der Waals surface area contributed by atoms with Crippen molar-refractivity contribution in [2.75, 3.05) is 13.2 Å². The number of aliphatic hydroxyl groups excluding tert-OH is 5. The third-order valence-electron chi connectivity index (χ3n) is 24.1. The van der Waals surface area contributed by atoms with Crippen molar-refractivity contribution in [2.24, 2.45) is 0 Å². The number of nitrogens with one attached hydrogen (secondary N) is 2. The molecule has 0 aliphatic carbocycles. The molecule has 0 radical (unpaired) electrons. The van der Waals surface area contributed by atoms with Crippen molar-refractivity contribution in [2.45, 2.75) is 564 Å². The molecule has 0 saturated carbocycles. The molecule has 14 atom stereocenters. The quantitative estimate of drug-likeness (QED) is 0.0118. The first kappa shape index (κ1) is 114. The van der Waals surface area contributed by atoms with Crippen molar-refractivity contribution in [3.63, 3.8) is 0 Å². The van der Waals surface area contributed by atoms with Gasteiger partial charge >= 0.3 is 31.7 Å². The van der Waals surface area contributed by atoms with Crippen LogP contribution in [0.3, 0.4) is 0 Å². The summed E-state index contributed by atoms with van der Waals surface area (Å²) in [6.45, 7) is 11.3. The summed E-state index contributed by atoms with van der Waals surface area (Å²) in [5.74, 6) is -4.50. The molecule has 0 aromatic rings. The van der Waals surface area contributed by atoms with Gasteiger partial charge in [-0.1, -0.05) is 388 Å². The van der Waals surface area contributed by atoms with Crippen molar-refractivity contribution in [3.8, 4) is 0 Å². The van der Waals surface area contributed by atoms with Gasteiger partial charge in [-0.05, 0) is 51.4 Å². The van der Waals surface area contributed by atoms with E-state index in [0.717, 1.165) is 212 Å². The number of esters is 4. The van der Waals surface area contributed by atoms with Crippen LogP contribution < -0.4 is 10.6 Å². The van der Waals surface area contributed by atoms with Crippen molar-refractivity contribution in [1.82, 2.24) is 10.6 Å². The summed E-state index contributed by atoms with van der Waals surface area (Å²) in [4.78, 5) is 106. The number of rotatable bonds is 84. The van der Waals surface area contributed by atoms with Crippen molar-refractivity contribution in [1.29, 1.82) is 0 Å². The standard InChI is InChI=1S/C96H181N2O22P/c1-7-13-19-25-31-37-38-39-40-46-52-58-63-69-85(104)114-79(67-61-55-49-43-34-28-22-16-10-4)73-84(103)97-89-93(118-87(106)72-78(101)66-60-54-48-42-33-27-21-15-9-3)91(108)82(116-95(89)109)76-113-96-90(98-83(102)71-77(100)65-59-53-47-41-32-26-20-14-8-2)94(92(81(75-99)117-96)120-121(110,111)112)119-88(107)74-80(68-62-56-50-44-35-29-23-17-11-5)115-86(105)70-64-57-51-45-36-30-24-18-12-6/h77-82,89-96,99-101,108-109H,7-76H2,1-6H3,(H,97,103)(H,98,102)(H2,110,111,112)/t77?,78?,79?,80?,81?,82?,89?,90?,91-,92?,93-,94-,95?,96-/m1/s1. The lowest BCUT2D eigenvalue weighted by molar-refractivity contribution is -0.298. The number of unbranched alkanes of at least 4 members (excludes halogenated alkanes) is 52. The molecule has 0 spiro atoms. The second-order valence-corrected chi connectivity index (χ2v) is 36.8. The second-order valence-electron chi connectivity index (χ2n) is 35.7. The van der Waals surface area contributed by atoms with E-state index in [1.165, 1.54) is 122 Å². The summed E-state index contributed by atoms with van der Waals surface area (Å²) in [6.07, 6.45) is 41.2. The molecule has 2 aliphatic rings. The van der Waals surface area contributed by atoms with Gasteiger partial charge in [-0.25, -0.2) is 4.57 Å². The Labute approximate surface area is 733 Å². The zero-order valence-electron chi connectivity index (χ0n) is 77.3. The van der Waals surface area contributed by atoms with Gasteiger partial charge in [-0.2, -0.15) is 0 Å². The first-order chi connectivity index (χ1) is 58.6. The van der Waals surface area contributed by atoms with Crippen molar-refractivity contribution >= 4 is 43.5 Å². The lowest BCUT2D eigenvalue weighted by Gasteiger charge is -2.46. The Morgan fingerprint density at radius 1 is 0.347 bits per heavy atom. The highest BCUT2D eigenvalue weighted by atomic mass is 31.2. The predicted octanol–water partition coefficient (Wildman–Crippen LogP) is 21.3. The molecule has 2 rings (SSSR count). The summed E-state index contributed by atoms with van der Waals surface area (Å²) in [7, 11) is -5.59. The first-order valence-electron chi connectivity index (χ1n) is 50.0. The molecule has 10 unspecified atom stereocenters. The Morgan fingerprint density at radius 2 is 0.653 bits per heavy atom. The van der Waals surface area contributed by atoms with E-state index >= 15 is 0 Å². The van der Waals surface area contributed by atoms with Gasteiger partial charge in [0, 0.05) is 12.8 Å². The van der Waals surface area contributed by atoms with E-state index in [4.69, 9.17) is 37.7 Å². The Morgan fingerprint density at radius 3 is 1.02 bits per heavy atom. The molecule has 2 fully saturated rings. The highest BCUT2D eigenvalue weighted by Crippen LogP contribution is 2.43. The maximum Gasteiger partial charge on any atom is 0.470 e. The van der Waals surface area contributed by atoms with Crippen LogP contribution in [0.1, 0.15) is 478 Å². The number of amides is 2. The number of hydrogen-bond acceptors (Lipinski definition) is 20. The summed E-state index contributed by atoms with van der Waals surface area (Å²) in [5, 5.41) is 63.8. The van der Waals surface area contributed by atoms with E-state index < -0.39 is 162 Å². The minimum atomic E-state index is -5.59. The number of ether oxygens (including phenoxy) is 7. The Kier molecular flexibility index (Phi) is 72.0. The van der Waals surface area contributed by atoms with Crippen LogP contribution in [0, 0.1) is 0 Å². The minimum absolute atomic E-state index is 0.114. The lowest BCUT2D eigenvalue weighted by Crippen LogP contribution is -2.68. The molecule has 9 N–H and O–H groups in total. The molecule has 121 heavy (non-hydrogen) atoms. The van der Waals surface area contributed by atoms with Crippen LogP contribution in [-0.4, -0.2) is 170 Å². The maximum atomic E-state index is 14.8. The molecule has 712 valence electrons. The largest absolute Gasteiger partial charge is 0.470 e. The highest BCUT2D eigenvalue weighted by Gasteiger charge is 2.54. The molecule has 2 amide bonds. The van der Waals surface area contributed by atoms with E-state index in [-0.39, 0.29) is 38.5 Å². The van der Waals surface area contributed by atoms with Gasteiger partial charge in [-0.15, -0.1) is 0 Å². The fourth-order valence-corrected chi connectivity index (χ4v) is 17.3. The minimum Gasteiger partial charge on any atom is -0.462 e. The number of carbonyl (C=O) groups is 6. The fourth-order valence-electron chi connectivity index (χ4n) is 16.7. The van der Waals surface area contributed by atoms with E-state index in [0.29, 0.717) is 44.9 Å². The third-order valence-corrected chi connectivity index (χ3v) is 24.6. The van der Waals surface area contributed by atoms with Gasteiger partial charge in [0.05, 0.1) is 51.1 Å². The number of phosphoric ester groups is 1. The van der Waals surface area contributed by atoms with Crippen molar-refractivity contribution < 1.29 is 106 Å². The maximum absolute atomic E-state index is 14.8. The number of phosphoric acid groups is 1. The zero-order chi connectivity index (χ0) is 88.6. The summed E-state index contributed by atoms with van der Waals surface area (Å²) in [5.41, 5.74) is 0. The Bertz CT molecular complexity index is 2550. The second kappa shape index (κ2) is 76.6. The van der Waals surface area contributed by atoms with Crippen molar-refractivity contribution in [3.05, 3.63) is 0 Å². The monoisotopic (exact) mass is 1750 g/mol. The zero-order valence-corrected chi connectivity index (χ0v) is 78.2. The molecule has 0 aromatic carbocycles. The molecular formula is C96H181N2O22P. The van der Waals surface area contributed by atoms with Gasteiger partial charge in [-0.3, -0.25) is 33.3 Å². The lowest BCUT2D eigenvalue weighted by atomic mass is 9.95. The molecule has 25 heteroatoms. The summed E-state index contributed by atoms with van der Waals surface area (Å²) < 4.78 is 61.4. The topological polar surface area (TPSA) is 359 Å². The van der Waals surface area contributed by atoms with Gasteiger partial charge in [0.1, 0.15) is 48.7 Å². The number of hydrogen-bond donors (Lipinski definition) is 9. The first-order valence-corrected chi connectivity index (χ1v) is 51.5. The summed E-state index contributed by atoms with van der Waals surface area (Å²) in [6, 6.07) is -3.47. The van der Waals surface area contributed by atoms with E-state index in [9.17, 15) is 68.7 Å². The van der Waals surface area contributed by atoms with Crippen LogP contribution in [-0.2, 0) is 71.0 Å². The smallest absolute Gasteiger partial charge is 0.462 e. The van der Waals surface area contributed by atoms with Crippen LogP contribution in [0.5, 0.6) is 0 Å². The van der Waals surface area contributed by atoms with Gasteiger partial charge in [0.2, 0.25) is 11.8 Å². The van der Waals surface area contributed by atoms with Gasteiger partial charge in [0.15, 0.2) is 24.8 Å². The van der Waals surface area contributed by atoms with Crippen LogP contribution in [0.2, 0.25) is 0 Å². The van der Waals surface area contributed by atoms with E-state index in [1.54, 1.807) is 0 Å². The predicted molar refractivity (Wildman–Crippen MR) is 479 cm³/mol. The molecule has 2 aliphatic heterocycles. The molecule has 24 nitrogen and oxygen atoms in total. The summed E-state index contributed by atoms with van der Waals surface area (Å²) >= 11 is 0. The van der Waals surface area contributed by atoms with Crippen LogP contribution in [0.25, 0.3) is 0 Å². The van der Waals surface area contributed by atoms with Crippen LogP contribution in [0.15, 0.2) is 0 Å². The average Bonchev–Trinajstić information content (AvgIpc) is 0.787. The molecule has 0 aromatic heterocycles. The Balaban J connectivity index is 2.65. The third kappa shape index (κ3) is 60.9. The number of carbonyl (C=O) groups excluding carboxylic acids is 6. The number of aliphatic hydroxyl groups is 5. The SMILES string of the molecule is CCCCCCCCCCCCCCCC(=O)OC(CCCCCCCCCCC)CC(=O)NC1C(O)OC(CO[C@@H]2OC(CO)C(OP(=O)(O)O)[C@H](OC(=O)CC(CCCCCCCCCCC)OC(=O)CCCCCCCCCCC)C2NC(=O)CC(O)CCCCCCCCCCC)[C@@H](O)[C@@H]1OC(=O)CC(O)CCCCCCCCCCC. The average molecular weight is 1750 g/mol. The highest BCUT2D eigenvalue weighted by molar-refractivity contribution is 7.46. The molecule has 0 bridgehead atoms. The fraction of sp³-hybridized carbons (Fsp3) is 0.938.